The summed E-state index contributed by atoms with van der Waals surface area (Å²) in [6.45, 7) is 2.93. The molecule has 0 N–H and O–H groups in total. The van der Waals surface area contributed by atoms with Gasteiger partial charge in [0.2, 0.25) is 0 Å². The van der Waals surface area contributed by atoms with Gasteiger partial charge in [-0.05, 0) is 43.9 Å². The second kappa shape index (κ2) is 7.32. The molecule has 2 rings (SSSR count). The zero-order valence-electron chi connectivity index (χ0n) is 12.1. The summed E-state index contributed by atoms with van der Waals surface area (Å²) in [6.07, 6.45) is 0. The third kappa shape index (κ3) is 4.55. The van der Waals surface area contributed by atoms with E-state index in [-0.39, 0.29) is 0 Å². The van der Waals surface area contributed by atoms with Gasteiger partial charge in [-0.2, -0.15) is 0 Å². The van der Waals surface area contributed by atoms with Crippen LogP contribution in [-0.2, 0) is 6.54 Å². The lowest BCUT2D eigenvalue weighted by Crippen LogP contribution is -2.31. The molecule has 0 unspecified atom stereocenters. The van der Waals surface area contributed by atoms with E-state index in [0.29, 0.717) is 0 Å². The van der Waals surface area contributed by atoms with E-state index < -0.39 is 0 Å². The first-order valence-electron chi connectivity index (χ1n) is 6.84. The van der Waals surface area contributed by atoms with Gasteiger partial charge in [0, 0.05) is 30.3 Å². The third-order valence-corrected chi connectivity index (χ3v) is 3.48. The van der Waals surface area contributed by atoms with Crippen LogP contribution in [0.4, 0.5) is 5.69 Å². The molecule has 106 valence electrons. The first kappa shape index (κ1) is 14.9. The molecular formula is C17H21ClN2. The zero-order valence-corrected chi connectivity index (χ0v) is 12.8. The van der Waals surface area contributed by atoms with Gasteiger partial charge in [-0.1, -0.05) is 41.9 Å². The number of likely N-dealkylation sites (N-methyl/N-ethyl adjacent to an activating group) is 1. The normalized spacial score (nSPS) is 10.8. The molecule has 0 radical (unpaired) electrons. The van der Waals surface area contributed by atoms with E-state index in [0.717, 1.165) is 24.7 Å². The molecule has 0 aliphatic carbocycles. The minimum absolute atomic E-state index is 0.785. The molecule has 2 nitrogen and oxygen atoms in total. The Kier molecular flexibility index (Phi) is 5.45. The number of anilines is 1. The SMILES string of the molecule is CN(C)CCN(Cc1ccc(Cl)cc1)c1ccccc1. The summed E-state index contributed by atoms with van der Waals surface area (Å²) in [5.74, 6) is 0. The molecule has 0 aliphatic heterocycles. The number of rotatable bonds is 6. The van der Waals surface area contributed by atoms with Gasteiger partial charge in [-0.25, -0.2) is 0 Å². The van der Waals surface area contributed by atoms with Crippen molar-refractivity contribution in [1.29, 1.82) is 0 Å². The van der Waals surface area contributed by atoms with Crippen LogP contribution in [0.2, 0.25) is 5.02 Å². The van der Waals surface area contributed by atoms with Crippen molar-refractivity contribution >= 4 is 17.3 Å². The highest BCUT2D eigenvalue weighted by molar-refractivity contribution is 6.30. The Hall–Kier alpha value is -1.51. The molecule has 0 saturated heterocycles. The van der Waals surface area contributed by atoms with Gasteiger partial charge >= 0.3 is 0 Å². The number of nitrogens with zero attached hydrogens (tertiary/aromatic N) is 2. The number of benzene rings is 2. The summed E-state index contributed by atoms with van der Waals surface area (Å²) in [6, 6.07) is 18.6. The molecular weight excluding hydrogens is 268 g/mol. The minimum Gasteiger partial charge on any atom is -0.366 e. The van der Waals surface area contributed by atoms with Crippen molar-refractivity contribution in [2.75, 3.05) is 32.1 Å². The molecule has 2 aromatic carbocycles. The Labute approximate surface area is 126 Å². The third-order valence-electron chi connectivity index (χ3n) is 3.23. The monoisotopic (exact) mass is 288 g/mol. The summed E-state index contributed by atoms with van der Waals surface area (Å²) in [5, 5.41) is 0.785. The number of hydrogen-bond acceptors (Lipinski definition) is 2. The standard InChI is InChI=1S/C17H21ClN2/c1-19(2)12-13-20(17-6-4-3-5-7-17)14-15-8-10-16(18)11-9-15/h3-11H,12-14H2,1-2H3. The van der Waals surface area contributed by atoms with Crippen molar-refractivity contribution in [1.82, 2.24) is 4.90 Å². The van der Waals surface area contributed by atoms with Crippen molar-refractivity contribution in [3.8, 4) is 0 Å². The summed E-state index contributed by atoms with van der Waals surface area (Å²) >= 11 is 5.95. The summed E-state index contributed by atoms with van der Waals surface area (Å²) < 4.78 is 0. The smallest absolute Gasteiger partial charge is 0.0430 e. The van der Waals surface area contributed by atoms with Gasteiger partial charge in [-0.3, -0.25) is 0 Å². The maximum absolute atomic E-state index is 5.95. The van der Waals surface area contributed by atoms with Gasteiger partial charge in [-0.15, -0.1) is 0 Å². The molecule has 2 aromatic rings. The zero-order chi connectivity index (χ0) is 14.4. The van der Waals surface area contributed by atoms with Crippen molar-refractivity contribution < 1.29 is 0 Å². The average molecular weight is 289 g/mol. The highest BCUT2D eigenvalue weighted by Crippen LogP contribution is 2.18. The van der Waals surface area contributed by atoms with E-state index >= 15 is 0 Å². The maximum Gasteiger partial charge on any atom is 0.0430 e. The van der Waals surface area contributed by atoms with Crippen LogP contribution < -0.4 is 4.90 Å². The van der Waals surface area contributed by atoms with Crippen molar-refractivity contribution in [2.45, 2.75) is 6.54 Å². The van der Waals surface area contributed by atoms with Gasteiger partial charge in [0.15, 0.2) is 0 Å². The molecule has 0 heterocycles. The van der Waals surface area contributed by atoms with Crippen molar-refractivity contribution in [3.63, 3.8) is 0 Å². The molecule has 0 amide bonds. The van der Waals surface area contributed by atoms with Crippen LogP contribution in [0, 0.1) is 0 Å². The summed E-state index contributed by atoms with van der Waals surface area (Å²) in [7, 11) is 4.21. The van der Waals surface area contributed by atoms with E-state index in [2.05, 4.69) is 66.4 Å². The van der Waals surface area contributed by atoms with Crippen LogP contribution in [0.5, 0.6) is 0 Å². The Morgan fingerprint density at radius 2 is 1.50 bits per heavy atom. The lowest BCUT2D eigenvalue weighted by atomic mass is 10.2. The minimum atomic E-state index is 0.785. The molecule has 0 spiro atoms. The molecule has 0 aromatic heterocycles. The van der Waals surface area contributed by atoms with Crippen LogP contribution in [0.25, 0.3) is 0 Å². The van der Waals surface area contributed by atoms with Gasteiger partial charge in [0.05, 0.1) is 0 Å². The Bertz CT molecular complexity index is 508. The van der Waals surface area contributed by atoms with Crippen LogP contribution in [0.15, 0.2) is 54.6 Å². The fourth-order valence-electron chi connectivity index (χ4n) is 2.07. The fraction of sp³-hybridized carbons (Fsp3) is 0.294. The van der Waals surface area contributed by atoms with Crippen molar-refractivity contribution in [2.24, 2.45) is 0 Å². The fourth-order valence-corrected chi connectivity index (χ4v) is 2.20. The van der Waals surface area contributed by atoms with E-state index in [4.69, 9.17) is 11.6 Å². The molecule has 0 bridgehead atoms. The van der Waals surface area contributed by atoms with Crippen LogP contribution in [0.1, 0.15) is 5.56 Å². The van der Waals surface area contributed by atoms with E-state index in [9.17, 15) is 0 Å². The predicted octanol–water partition coefficient (Wildman–Crippen LogP) is 3.91. The maximum atomic E-state index is 5.95. The number of halogens is 1. The largest absolute Gasteiger partial charge is 0.366 e. The second-order valence-corrected chi connectivity index (χ2v) is 5.62. The van der Waals surface area contributed by atoms with Gasteiger partial charge in [0.25, 0.3) is 0 Å². The Balaban J connectivity index is 2.12. The molecule has 0 atom stereocenters. The highest BCUT2D eigenvalue weighted by Gasteiger charge is 2.07. The molecule has 0 saturated carbocycles. The lowest BCUT2D eigenvalue weighted by Gasteiger charge is -2.26. The van der Waals surface area contributed by atoms with Gasteiger partial charge in [0.1, 0.15) is 0 Å². The van der Waals surface area contributed by atoms with Crippen LogP contribution >= 0.6 is 11.6 Å². The second-order valence-electron chi connectivity index (χ2n) is 5.19. The lowest BCUT2D eigenvalue weighted by molar-refractivity contribution is 0.412. The molecule has 0 aliphatic rings. The van der Waals surface area contributed by atoms with Crippen LogP contribution in [0.3, 0.4) is 0 Å². The van der Waals surface area contributed by atoms with E-state index in [1.54, 1.807) is 0 Å². The Morgan fingerprint density at radius 3 is 2.10 bits per heavy atom. The molecule has 20 heavy (non-hydrogen) atoms. The quantitative estimate of drug-likeness (QED) is 0.795. The average Bonchev–Trinajstić information content (AvgIpc) is 2.46. The molecule has 0 fully saturated rings. The summed E-state index contributed by atoms with van der Waals surface area (Å²) in [5.41, 5.74) is 2.53. The number of para-hydroxylation sites is 1. The first-order valence-corrected chi connectivity index (χ1v) is 7.22. The van der Waals surface area contributed by atoms with E-state index in [1.165, 1.54) is 11.3 Å². The Morgan fingerprint density at radius 1 is 0.850 bits per heavy atom. The molecule has 3 heteroatoms. The first-order chi connectivity index (χ1) is 9.65. The summed E-state index contributed by atoms with van der Waals surface area (Å²) in [4.78, 5) is 4.60. The van der Waals surface area contributed by atoms with Crippen LogP contribution in [-0.4, -0.2) is 32.1 Å². The van der Waals surface area contributed by atoms with E-state index in [1.807, 2.05) is 12.1 Å². The number of hydrogen-bond donors (Lipinski definition) is 0. The van der Waals surface area contributed by atoms with Gasteiger partial charge < -0.3 is 9.80 Å². The highest BCUT2D eigenvalue weighted by atomic mass is 35.5. The topological polar surface area (TPSA) is 6.48 Å². The predicted molar refractivity (Wildman–Crippen MR) is 87.5 cm³/mol. The van der Waals surface area contributed by atoms with Crippen molar-refractivity contribution in [3.05, 3.63) is 65.2 Å².